The number of anilines is 1. The highest BCUT2D eigenvalue weighted by Gasteiger charge is 2.51. The summed E-state index contributed by atoms with van der Waals surface area (Å²) in [6.45, 7) is 2.38. The van der Waals surface area contributed by atoms with E-state index in [-0.39, 0.29) is 12.5 Å². The van der Waals surface area contributed by atoms with Gasteiger partial charge in [0.05, 0.1) is 5.69 Å². The number of hydrogen-bond acceptors (Lipinski definition) is 3. The number of benzene rings is 2. The normalized spacial score (nSPS) is 20.7. The van der Waals surface area contributed by atoms with E-state index in [0.29, 0.717) is 23.4 Å². The van der Waals surface area contributed by atoms with Gasteiger partial charge in [0.1, 0.15) is 6.54 Å². The molecule has 0 saturated carbocycles. The second kappa shape index (κ2) is 8.44. The molecule has 5 heteroatoms. The molecule has 0 fully saturated rings. The third kappa shape index (κ3) is 3.77. The Morgan fingerprint density at radius 2 is 2.00 bits per heavy atom. The van der Waals surface area contributed by atoms with Crippen LogP contribution in [0.5, 0.6) is 0 Å². The van der Waals surface area contributed by atoms with Crippen LogP contribution in [-0.2, 0) is 15.2 Å². The smallest absolute Gasteiger partial charge is 0.268 e. The fourth-order valence-corrected chi connectivity index (χ4v) is 4.43. The van der Waals surface area contributed by atoms with Gasteiger partial charge in [-0.1, -0.05) is 59.7 Å². The molecule has 2 N–H and O–H groups in total. The zero-order valence-electron chi connectivity index (χ0n) is 17.4. The lowest BCUT2D eigenvalue weighted by Gasteiger charge is -2.24. The van der Waals surface area contributed by atoms with Gasteiger partial charge >= 0.3 is 0 Å². The highest BCUT2D eigenvalue weighted by molar-refractivity contribution is 6.11. The van der Waals surface area contributed by atoms with Gasteiger partial charge in [0.15, 0.2) is 5.60 Å². The van der Waals surface area contributed by atoms with Gasteiger partial charge in [0.2, 0.25) is 5.91 Å². The average Bonchev–Trinajstić information content (AvgIpc) is 2.97. The van der Waals surface area contributed by atoms with Gasteiger partial charge in [0.25, 0.3) is 5.91 Å². The molecule has 1 atom stereocenters. The molecule has 0 aromatic heterocycles. The molecule has 0 spiro atoms. The number of carbonyl (C=O) groups is 2. The maximum Gasteiger partial charge on any atom is 0.268 e. The first-order valence-electron chi connectivity index (χ1n) is 10.7. The molecular formula is C25H28N2O3. The fraction of sp³-hybridized carbons (Fsp3) is 0.360. The maximum absolute atomic E-state index is 13.3. The second-order valence-corrected chi connectivity index (χ2v) is 8.20. The Kier molecular flexibility index (Phi) is 5.73. The van der Waals surface area contributed by atoms with E-state index in [1.807, 2.05) is 31.2 Å². The summed E-state index contributed by atoms with van der Waals surface area (Å²) >= 11 is 0. The van der Waals surface area contributed by atoms with Gasteiger partial charge in [-0.3, -0.25) is 14.5 Å². The Labute approximate surface area is 177 Å². The van der Waals surface area contributed by atoms with Crippen molar-refractivity contribution in [2.75, 3.05) is 18.0 Å². The number of aryl methyl sites for hydroxylation is 1. The van der Waals surface area contributed by atoms with Crippen LogP contribution in [-0.4, -0.2) is 30.0 Å². The minimum atomic E-state index is -1.78. The van der Waals surface area contributed by atoms with Gasteiger partial charge in [0, 0.05) is 12.1 Å². The van der Waals surface area contributed by atoms with Crippen molar-refractivity contribution in [2.24, 2.45) is 0 Å². The number of nitrogens with one attached hydrogen (secondary N) is 1. The Bertz CT molecular complexity index is 997. The lowest BCUT2D eigenvalue weighted by Crippen LogP contribution is -2.45. The molecular weight excluding hydrogens is 376 g/mol. The van der Waals surface area contributed by atoms with E-state index in [1.165, 1.54) is 23.3 Å². The highest BCUT2D eigenvalue weighted by atomic mass is 16.3. The molecule has 0 bridgehead atoms. The minimum absolute atomic E-state index is 0.108. The van der Waals surface area contributed by atoms with E-state index >= 15 is 0 Å². The summed E-state index contributed by atoms with van der Waals surface area (Å²) in [5.74, 6) is -0.706. The first-order valence-corrected chi connectivity index (χ1v) is 10.7. The second-order valence-electron chi connectivity index (χ2n) is 8.20. The predicted molar refractivity (Wildman–Crippen MR) is 117 cm³/mol. The number of carbonyl (C=O) groups excluding carboxylic acids is 2. The molecule has 2 amide bonds. The van der Waals surface area contributed by atoms with Crippen LogP contribution in [0.1, 0.15) is 48.8 Å². The molecule has 0 radical (unpaired) electrons. The summed E-state index contributed by atoms with van der Waals surface area (Å²) < 4.78 is 0. The molecule has 2 aromatic rings. The van der Waals surface area contributed by atoms with Crippen molar-refractivity contribution < 1.29 is 14.7 Å². The molecule has 4 rings (SSSR count). The van der Waals surface area contributed by atoms with Crippen LogP contribution in [0.2, 0.25) is 0 Å². The largest absolute Gasteiger partial charge is 0.372 e. The number of allylic oxidation sites excluding steroid dienone is 1. The zero-order valence-corrected chi connectivity index (χ0v) is 17.4. The summed E-state index contributed by atoms with van der Waals surface area (Å²) in [7, 11) is 0. The molecule has 0 saturated heterocycles. The van der Waals surface area contributed by atoms with Gasteiger partial charge < -0.3 is 10.4 Å². The van der Waals surface area contributed by atoms with Crippen LogP contribution >= 0.6 is 0 Å². The zero-order chi connectivity index (χ0) is 21.1. The number of amides is 2. The summed E-state index contributed by atoms with van der Waals surface area (Å²) in [6, 6.07) is 14.5. The predicted octanol–water partition coefficient (Wildman–Crippen LogP) is 3.58. The Morgan fingerprint density at radius 3 is 2.77 bits per heavy atom. The molecule has 30 heavy (non-hydrogen) atoms. The third-order valence-corrected chi connectivity index (χ3v) is 6.03. The topological polar surface area (TPSA) is 69.6 Å². The van der Waals surface area contributed by atoms with E-state index in [4.69, 9.17) is 0 Å². The van der Waals surface area contributed by atoms with Crippen LogP contribution in [0.4, 0.5) is 5.69 Å². The number of aliphatic hydroxyl groups is 1. The molecule has 2 aromatic carbocycles. The van der Waals surface area contributed by atoms with Crippen LogP contribution in [0, 0.1) is 6.92 Å². The van der Waals surface area contributed by atoms with Crippen molar-refractivity contribution in [3.05, 3.63) is 76.9 Å². The van der Waals surface area contributed by atoms with Crippen molar-refractivity contribution in [1.29, 1.82) is 0 Å². The summed E-state index contributed by atoms with van der Waals surface area (Å²) in [5, 5.41) is 14.4. The number of hydrogen-bond donors (Lipinski definition) is 2. The van der Waals surface area contributed by atoms with E-state index in [9.17, 15) is 14.7 Å². The lowest BCUT2D eigenvalue weighted by atomic mass is 9.87. The standard InChI is InChI=1S/C25H28N2O3/c1-18-8-7-11-20(16-18)25(30)21-12-5-6-13-22(21)27(24(25)29)17-23(28)26-15-14-19-9-3-2-4-10-19/h5-9,11-13,16,30H,2-4,10,14-15,17H2,1H3,(H,26,28). The SMILES string of the molecule is Cc1cccc(C2(O)C(=O)N(CC(=O)NCCC3=CCCCC3)c3ccccc32)c1. The molecule has 1 unspecified atom stereocenters. The first kappa shape index (κ1) is 20.4. The summed E-state index contributed by atoms with van der Waals surface area (Å²) in [4.78, 5) is 27.3. The Balaban J connectivity index is 1.51. The van der Waals surface area contributed by atoms with Gasteiger partial charge in [-0.2, -0.15) is 0 Å². The van der Waals surface area contributed by atoms with E-state index < -0.39 is 11.5 Å². The van der Waals surface area contributed by atoms with Crippen molar-refractivity contribution in [2.45, 2.75) is 44.6 Å². The third-order valence-electron chi connectivity index (χ3n) is 6.03. The Morgan fingerprint density at radius 1 is 1.17 bits per heavy atom. The molecule has 2 aliphatic rings. The number of para-hydroxylation sites is 1. The van der Waals surface area contributed by atoms with Crippen LogP contribution in [0.25, 0.3) is 0 Å². The van der Waals surface area contributed by atoms with Gasteiger partial charge in [-0.15, -0.1) is 0 Å². The van der Waals surface area contributed by atoms with E-state index in [1.54, 1.807) is 24.3 Å². The monoisotopic (exact) mass is 404 g/mol. The quantitative estimate of drug-likeness (QED) is 0.723. The molecule has 1 heterocycles. The van der Waals surface area contributed by atoms with Gasteiger partial charge in [-0.05, 0) is 50.7 Å². The lowest BCUT2D eigenvalue weighted by molar-refractivity contribution is -0.133. The molecule has 156 valence electrons. The molecule has 1 aliphatic heterocycles. The fourth-order valence-electron chi connectivity index (χ4n) is 4.43. The number of rotatable bonds is 6. The maximum atomic E-state index is 13.3. The van der Waals surface area contributed by atoms with E-state index in [2.05, 4.69) is 11.4 Å². The average molecular weight is 405 g/mol. The molecule has 1 aliphatic carbocycles. The Hall–Kier alpha value is -2.92. The number of nitrogens with zero attached hydrogens (tertiary/aromatic N) is 1. The highest BCUT2D eigenvalue weighted by Crippen LogP contribution is 2.44. The van der Waals surface area contributed by atoms with Crippen molar-refractivity contribution >= 4 is 17.5 Å². The van der Waals surface area contributed by atoms with Crippen LogP contribution in [0.3, 0.4) is 0 Å². The summed E-state index contributed by atoms with van der Waals surface area (Å²) in [6.07, 6.45) is 7.82. The minimum Gasteiger partial charge on any atom is -0.372 e. The summed E-state index contributed by atoms with van der Waals surface area (Å²) in [5.41, 5.74) is 2.19. The van der Waals surface area contributed by atoms with Crippen molar-refractivity contribution in [1.82, 2.24) is 5.32 Å². The van der Waals surface area contributed by atoms with Crippen LogP contribution in [0.15, 0.2) is 60.2 Å². The van der Waals surface area contributed by atoms with Crippen molar-refractivity contribution in [3.8, 4) is 0 Å². The van der Waals surface area contributed by atoms with Crippen molar-refractivity contribution in [3.63, 3.8) is 0 Å². The van der Waals surface area contributed by atoms with Gasteiger partial charge in [-0.25, -0.2) is 0 Å². The van der Waals surface area contributed by atoms with E-state index in [0.717, 1.165) is 24.8 Å². The first-order chi connectivity index (χ1) is 14.5. The molecule has 5 nitrogen and oxygen atoms in total. The van der Waals surface area contributed by atoms with Crippen LogP contribution < -0.4 is 10.2 Å². The number of fused-ring (bicyclic) bond motifs is 1.